The number of methoxy groups -OCH3 is 1. The molecule has 2 fully saturated rings. The molecule has 3 aromatic carbocycles. The number of amides is 4. The van der Waals surface area contributed by atoms with Crippen molar-refractivity contribution in [2.75, 3.05) is 25.9 Å². The van der Waals surface area contributed by atoms with Crippen molar-refractivity contribution in [3.63, 3.8) is 0 Å². The number of nitrogens with one attached hydrogen (secondary N) is 1. The number of rotatable bonds is 9. The number of piperazine rings is 1. The first-order valence-electron chi connectivity index (χ1n) is 15.1. The summed E-state index contributed by atoms with van der Waals surface area (Å²) in [6, 6.07) is 18.4. The van der Waals surface area contributed by atoms with Crippen LogP contribution in [0.1, 0.15) is 30.5 Å². The maximum atomic E-state index is 14.2. The van der Waals surface area contributed by atoms with E-state index in [4.69, 9.17) is 10.5 Å². The van der Waals surface area contributed by atoms with Crippen molar-refractivity contribution in [2.45, 2.75) is 51.6 Å². The lowest BCUT2D eigenvalue weighted by molar-refractivity contribution is -0.158. The second-order valence-electron chi connectivity index (χ2n) is 11.7. The molecule has 1 aromatic heterocycles. The van der Waals surface area contributed by atoms with E-state index in [1.807, 2.05) is 56.3 Å². The van der Waals surface area contributed by atoms with Crippen LogP contribution in [-0.4, -0.2) is 86.2 Å². The summed E-state index contributed by atoms with van der Waals surface area (Å²) < 4.78 is 6.16. The highest BCUT2D eigenvalue weighted by Crippen LogP contribution is 2.33. The van der Waals surface area contributed by atoms with Gasteiger partial charge >= 0.3 is 6.03 Å². The van der Waals surface area contributed by atoms with Crippen LogP contribution >= 0.6 is 11.3 Å². The van der Waals surface area contributed by atoms with Crippen LogP contribution < -0.4 is 15.8 Å². The standard InChI is InChI=1S/C33H37N7O5S/c1-20(2)40(33(44)35-16-22-9-13-25(45-3)14-10-22)38-19-29(42)39-26(15-21-7-11-24(41)12-8-21)31(43)37(18-28(38)39)17-23-5-4-6-27-30(23)36-32(34)46-27/h4-14,20,26,28,41H,15-19H2,1-3H3,(H2,34,36)(H,35,44)/t26-,28+/m0/s1. The summed E-state index contributed by atoms with van der Waals surface area (Å²) in [6.45, 7) is 4.49. The second kappa shape index (κ2) is 12.9. The van der Waals surface area contributed by atoms with Gasteiger partial charge in [0.05, 0.1) is 30.4 Å². The third-order valence-electron chi connectivity index (χ3n) is 8.39. The lowest BCUT2D eigenvalue weighted by Crippen LogP contribution is -2.66. The van der Waals surface area contributed by atoms with Crippen molar-refractivity contribution in [3.05, 3.63) is 83.4 Å². The summed E-state index contributed by atoms with van der Waals surface area (Å²) in [5, 5.41) is 16.6. The Balaban J connectivity index is 1.30. The lowest BCUT2D eigenvalue weighted by atomic mass is 9.99. The van der Waals surface area contributed by atoms with Gasteiger partial charge in [-0.05, 0) is 60.9 Å². The summed E-state index contributed by atoms with van der Waals surface area (Å²) in [7, 11) is 1.60. The molecule has 3 heterocycles. The number of hydrazine groups is 1. The number of thiazole rings is 1. The zero-order valence-corrected chi connectivity index (χ0v) is 26.7. The number of urea groups is 1. The fraction of sp³-hybridized carbons (Fsp3) is 0.333. The number of fused-ring (bicyclic) bond motifs is 2. The Kier molecular flexibility index (Phi) is 8.69. The van der Waals surface area contributed by atoms with E-state index in [0.29, 0.717) is 5.13 Å². The normalized spacial score (nSPS) is 18.3. The Hall–Kier alpha value is -4.88. The molecule has 0 spiro atoms. The minimum Gasteiger partial charge on any atom is -0.508 e. The average molecular weight is 644 g/mol. The van der Waals surface area contributed by atoms with Crippen LogP contribution in [0.25, 0.3) is 10.2 Å². The van der Waals surface area contributed by atoms with Crippen LogP contribution in [0.15, 0.2) is 66.7 Å². The predicted octanol–water partition coefficient (Wildman–Crippen LogP) is 3.55. The van der Waals surface area contributed by atoms with Crippen molar-refractivity contribution < 1.29 is 24.2 Å². The van der Waals surface area contributed by atoms with Gasteiger partial charge in [0.1, 0.15) is 23.7 Å². The lowest BCUT2D eigenvalue weighted by Gasteiger charge is -2.47. The summed E-state index contributed by atoms with van der Waals surface area (Å²) in [6.07, 6.45) is -0.327. The van der Waals surface area contributed by atoms with Crippen molar-refractivity contribution >= 4 is 44.5 Å². The largest absolute Gasteiger partial charge is 0.508 e. The minimum absolute atomic E-state index is 0.0514. The Morgan fingerprint density at radius 3 is 2.52 bits per heavy atom. The number of benzene rings is 3. The summed E-state index contributed by atoms with van der Waals surface area (Å²) in [5.74, 6) is 0.414. The van der Waals surface area contributed by atoms with Gasteiger partial charge in [0, 0.05) is 25.6 Å². The van der Waals surface area contributed by atoms with E-state index in [0.717, 1.165) is 32.7 Å². The summed E-state index contributed by atoms with van der Waals surface area (Å²) in [5.41, 5.74) is 9.32. The van der Waals surface area contributed by atoms with Gasteiger partial charge in [0.2, 0.25) is 11.8 Å². The number of hydrogen-bond donors (Lipinski definition) is 3. The molecular weight excluding hydrogens is 606 g/mol. The summed E-state index contributed by atoms with van der Waals surface area (Å²) >= 11 is 1.39. The molecule has 12 nitrogen and oxygen atoms in total. The zero-order valence-electron chi connectivity index (χ0n) is 25.9. The first-order chi connectivity index (χ1) is 22.1. The second-order valence-corrected chi connectivity index (χ2v) is 12.8. The Morgan fingerprint density at radius 2 is 1.83 bits per heavy atom. The Labute approximate surface area is 270 Å². The Bertz CT molecular complexity index is 1740. The SMILES string of the molecule is COc1ccc(CNC(=O)N(C(C)C)N2CC(=O)N3[C@@H](Cc4ccc(O)cc4)C(=O)N(Cc4cccc5sc(N)nc45)C[C@@H]32)cc1. The number of nitrogens with two attached hydrogens (primary N) is 1. The average Bonchev–Trinajstić information content (AvgIpc) is 3.58. The van der Waals surface area contributed by atoms with Gasteiger partial charge in [-0.1, -0.05) is 47.7 Å². The van der Waals surface area contributed by atoms with Crippen molar-refractivity contribution in [2.24, 2.45) is 0 Å². The van der Waals surface area contributed by atoms with E-state index >= 15 is 0 Å². The molecule has 240 valence electrons. The molecule has 6 rings (SSSR count). The van der Waals surface area contributed by atoms with Gasteiger partial charge in [0.15, 0.2) is 5.13 Å². The molecule has 4 N–H and O–H groups in total. The minimum atomic E-state index is -0.808. The number of aromatic hydroxyl groups is 1. The number of carbonyl (C=O) groups is 3. The predicted molar refractivity (Wildman–Crippen MR) is 175 cm³/mol. The molecule has 46 heavy (non-hydrogen) atoms. The fourth-order valence-electron chi connectivity index (χ4n) is 6.22. The number of nitrogen functional groups attached to an aromatic ring is 1. The third kappa shape index (κ3) is 6.15. The van der Waals surface area contributed by atoms with Crippen molar-refractivity contribution in [3.8, 4) is 11.5 Å². The molecule has 13 heteroatoms. The molecule has 4 amide bonds. The Morgan fingerprint density at radius 1 is 1.11 bits per heavy atom. The molecule has 2 aliphatic rings. The fourth-order valence-corrected chi connectivity index (χ4v) is 7.01. The topological polar surface area (TPSA) is 145 Å². The molecule has 4 aromatic rings. The van der Waals surface area contributed by atoms with Crippen molar-refractivity contribution in [1.82, 2.24) is 30.1 Å². The van der Waals surface area contributed by atoms with Gasteiger partial charge in [0.25, 0.3) is 0 Å². The highest BCUT2D eigenvalue weighted by molar-refractivity contribution is 7.22. The van der Waals surface area contributed by atoms with Crippen molar-refractivity contribution in [1.29, 1.82) is 0 Å². The van der Waals surface area contributed by atoms with Crippen LogP contribution in [0, 0.1) is 0 Å². The van der Waals surface area contributed by atoms with Gasteiger partial charge in [-0.25, -0.2) is 9.78 Å². The first-order valence-corrected chi connectivity index (χ1v) is 15.9. The number of aromatic nitrogens is 1. The van der Waals surface area contributed by atoms with Crippen LogP contribution in [0.5, 0.6) is 11.5 Å². The third-order valence-corrected chi connectivity index (χ3v) is 9.24. The van der Waals surface area contributed by atoms with E-state index in [1.165, 1.54) is 11.3 Å². The van der Waals surface area contributed by atoms with E-state index < -0.39 is 12.2 Å². The van der Waals surface area contributed by atoms with E-state index in [1.54, 1.807) is 51.2 Å². The van der Waals surface area contributed by atoms with Crippen LogP contribution in [0.4, 0.5) is 9.93 Å². The van der Waals surface area contributed by atoms with Crippen LogP contribution in [0.3, 0.4) is 0 Å². The quantitative estimate of drug-likeness (QED) is 0.251. The maximum Gasteiger partial charge on any atom is 0.332 e. The van der Waals surface area contributed by atoms with E-state index in [2.05, 4.69) is 10.3 Å². The molecule has 0 bridgehead atoms. The molecular formula is C33H37N7O5S. The molecule has 0 aliphatic carbocycles. The zero-order chi connectivity index (χ0) is 32.5. The van der Waals surface area contributed by atoms with Crippen LogP contribution in [-0.2, 0) is 29.1 Å². The number of nitrogens with zero attached hydrogens (tertiary/aromatic N) is 5. The van der Waals surface area contributed by atoms with E-state index in [-0.39, 0.29) is 62.2 Å². The number of ether oxygens (including phenoxy) is 1. The maximum absolute atomic E-state index is 14.2. The van der Waals surface area contributed by atoms with Crippen LogP contribution in [0.2, 0.25) is 0 Å². The van der Waals surface area contributed by atoms with Gasteiger partial charge < -0.3 is 30.7 Å². The number of phenols is 1. The smallest absolute Gasteiger partial charge is 0.332 e. The molecule has 2 atom stereocenters. The van der Waals surface area contributed by atoms with Gasteiger partial charge in [-0.2, -0.15) is 5.01 Å². The molecule has 2 aliphatic heterocycles. The molecule has 0 radical (unpaired) electrons. The molecule has 0 saturated carbocycles. The number of anilines is 1. The van der Waals surface area contributed by atoms with Gasteiger partial charge in [-0.3, -0.25) is 14.6 Å². The first kappa shape index (κ1) is 31.1. The molecule has 0 unspecified atom stereocenters. The van der Waals surface area contributed by atoms with E-state index in [9.17, 15) is 19.5 Å². The highest BCUT2D eigenvalue weighted by atomic mass is 32.1. The molecule has 2 saturated heterocycles. The monoisotopic (exact) mass is 643 g/mol. The number of carbonyl (C=O) groups excluding carboxylic acids is 3. The number of phenolic OH excluding ortho intramolecular Hbond substituents is 1. The summed E-state index contributed by atoms with van der Waals surface area (Å²) in [4.78, 5) is 49.6. The number of para-hydroxylation sites is 1. The number of hydrogen-bond acceptors (Lipinski definition) is 9. The highest BCUT2D eigenvalue weighted by Gasteiger charge is 2.52. The van der Waals surface area contributed by atoms with Gasteiger partial charge in [-0.15, -0.1) is 0 Å².